The Hall–Kier alpha value is -1.59. The first-order valence-corrected chi connectivity index (χ1v) is 5.94. The number of rotatable bonds is 3. The molecule has 1 atom stereocenters. The van der Waals surface area contributed by atoms with Gasteiger partial charge in [-0.3, -0.25) is 4.79 Å². The van der Waals surface area contributed by atoms with Gasteiger partial charge in [0.25, 0.3) is 5.91 Å². The maximum absolute atomic E-state index is 11.6. The summed E-state index contributed by atoms with van der Waals surface area (Å²) in [5.41, 5.74) is 0. The summed E-state index contributed by atoms with van der Waals surface area (Å²) in [5.74, 6) is -1.62. The second-order valence-corrected chi connectivity index (χ2v) is 4.60. The average molecular weight is 240 g/mol. The lowest BCUT2D eigenvalue weighted by molar-refractivity contribution is -0.149. The molecular weight excluding hydrogens is 224 g/mol. The predicted octanol–water partition coefficient (Wildman–Crippen LogP) is 0.572. The highest BCUT2D eigenvalue weighted by atomic mass is 16.4. The molecule has 2 fully saturated rings. The SMILES string of the molecule is O=C(O)C(C1CCCCC1)N1C(=O)CNC1=O. The minimum atomic E-state index is -1.08. The molecule has 1 saturated carbocycles. The van der Waals surface area contributed by atoms with Gasteiger partial charge in [0, 0.05) is 0 Å². The molecule has 1 aliphatic carbocycles. The van der Waals surface area contributed by atoms with E-state index in [0.29, 0.717) is 0 Å². The Morgan fingerprint density at radius 3 is 2.41 bits per heavy atom. The van der Waals surface area contributed by atoms with Crippen LogP contribution < -0.4 is 5.32 Å². The van der Waals surface area contributed by atoms with Gasteiger partial charge < -0.3 is 10.4 Å². The van der Waals surface area contributed by atoms with Crippen molar-refractivity contribution in [3.63, 3.8) is 0 Å². The zero-order chi connectivity index (χ0) is 12.4. The molecule has 2 rings (SSSR count). The molecule has 2 N–H and O–H groups in total. The fourth-order valence-electron chi connectivity index (χ4n) is 2.69. The molecule has 0 aromatic heterocycles. The largest absolute Gasteiger partial charge is 0.480 e. The highest BCUT2D eigenvalue weighted by molar-refractivity contribution is 6.04. The smallest absolute Gasteiger partial charge is 0.327 e. The summed E-state index contributed by atoms with van der Waals surface area (Å²) < 4.78 is 0. The van der Waals surface area contributed by atoms with Crippen molar-refractivity contribution >= 4 is 17.9 Å². The number of urea groups is 1. The van der Waals surface area contributed by atoms with Crippen LogP contribution in [0.5, 0.6) is 0 Å². The lowest BCUT2D eigenvalue weighted by Gasteiger charge is -2.31. The third kappa shape index (κ3) is 2.25. The van der Waals surface area contributed by atoms with Crippen LogP contribution >= 0.6 is 0 Å². The first-order chi connectivity index (χ1) is 8.11. The number of carbonyl (C=O) groups excluding carboxylic acids is 2. The summed E-state index contributed by atoms with van der Waals surface area (Å²) in [6.45, 7) is -0.0880. The van der Waals surface area contributed by atoms with E-state index in [1.807, 2.05) is 0 Å². The Morgan fingerprint density at radius 2 is 1.94 bits per heavy atom. The molecule has 94 valence electrons. The van der Waals surface area contributed by atoms with E-state index in [1.54, 1.807) is 0 Å². The van der Waals surface area contributed by atoms with Crippen molar-refractivity contribution in [2.24, 2.45) is 5.92 Å². The number of nitrogens with one attached hydrogen (secondary N) is 1. The molecule has 0 aromatic carbocycles. The third-order valence-corrected chi connectivity index (χ3v) is 3.51. The van der Waals surface area contributed by atoms with Gasteiger partial charge in [0.1, 0.15) is 6.04 Å². The number of hydrogen-bond donors (Lipinski definition) is 2. The topological polar surface area (TPSA) is 86.7 Å². The van der Waals surface area contributed by atoms with Crippen molar-refractivity contribution in [2.75, 3.05) is 6.54 Å². The van der Waals surface area contributed by atoms with Crippen LogP contribution in [0.1, 0.15) is 32.1 Å². The van der Waals surface area contributed by atoms with E-state index in [-0.39, 0.29) is 12.5 Å². The predicted molar refractivity (Wildman–Crippen MR) is 58.2 cm³/mol. The van der Waals surface area contributed by atoms with Gasteiger partial charge >= 0.3 is 12.0 Å². The summed E-state index contributed by atoms with van der Waals surface area (Å²) in [4.78, 5) is 35.2. The van der Waals surface area contributed by atoms with Crippen LogP contribution in [0.4, 0.5) is 4.79 Å². The van der Waals surface area contributed by atoms with Crippen molar-refractivity contribution < 1.29 is 19.5 Å². The number of carbonyl (C=O) groups is 3. The van der Waals surface area contributed by atoms with Gasteiger partial charge in [0.05, 0.1) is 6.54 Å². The van der Waals surface area contributed by atoms with Gasteiger partial charge in [0.2, 0.25) is 0 Å². The maximum atomic E-state index is 11.6. The third-order valence-electron chi connectivity index (χ3n) is 3.51. The van der Waals surface area contributed by atoms with E-state index in [0.717, 1.165) is 37.0 Å². The van der Waals surface area contributed by atoms with Crippen LogP contribution in [0.25, 0.3) is 0 Å². The summed E-state index contributed by atoms with van der Waals surface area (Å²) in [6.07, 6.45) is 4.58. The molecule has 17 heavy (non-hydrogen) atoms. The molecule has 0 spiro atoms. The molecule has 0 aromatic rings. The number of imide groups is 1. The second kappa shape index (κ2) is 4.73. The van der Waals surface area contributed by atoms with E-state index < -0.39 is 23.9 Å². The zero-order valence-electron chi connectivity index (χ0n) is 9.52. The minimum Gasteiger partial charge on any atom is -0.480 e. The van der Waals surface area contributed by atoms with Gasteiger partial charge in [-0.25, -0.2) is 14.5 Å². The summed E-state index contributed by atoms with van der Waals surface area (Å²) in [6, 6.07) is -1.57. The maximum Gasteiger partial charge on any atom is 0.327 e. The fourth-order valence-corrected chi connectivity index (χ4v) is 2.69. The van der Waals surface area contributed by atoms with Crippen molar-refractivity contribution in [1.29, 1.82) is 0 Å². The average Bonchev–Trinajstić information content (AvgIpc) is 2.62. The van der Waals surface area contributed by atoms with Crippen molar-refractivity contribution in [1.82, 2.24) is 10.2 Å². The number of carboxylic acid groups (broad SMARTS) is 1. The fraction of sp³-hybridized carbons (Fsp3) is 0.727. The van der Waals surface area contributed by atoms with Gasteiger partial charge in [-0.15, -0.1) is 0 Å². The van der Waals surface area contributed by atoms with Crippen molar-refractivity contribution in [2.45, 2.75) is 38.1 Å². The number of carboxylic acids is 1. The summed E-state index contributed by atoms with van der Waals surface area (Å²) >= 11 is 0. The molecule has 1 heterocycles. The van der Waals surface area contributed by atoms with Crippen LogP contribution in [0.15, 0.2) is 0 Å². The van der Waals surface area contributed by atoms with Gasteiger partial charge in [0.15, 0.2) is 0 Å². The molecular formula is C11H16N2O4. The highest BCUT2D eigenvalue weighted by Gasteiger charge is 2.43. The minimum absolute atomic E-state index is 0.0880. The zero-order valence-corrected chi connectivity index (χ0v) is 9.52. The van der Waals surface area contributed by atoms with E-state index in [4.69, 9.17) is 0 Å². The summed E-state index contributed by atoms with van der Waals surface area (Å²) in [5, 5.41) is 11.6. The Balaban J connectivity index is 2.18. The van der Waals surface area contributed by atoms with Crippen LogP contribution in [0.2, 0.25) is 0 Å². The molecule has 0 bridgehead atoms. The van der Waals surface area contributed by atoms with E-state index >= 15 is 0 Å². The Bertz CT molecular complexity index is 333. The molecule has 6 nitrogen and oxygen atoms in total. The quantitative estimate of drug-likeness (QED) is 0.706. The van der Waals surface area contributed by atoms with Crippen molar-refractivity contribution in [3.8, 4) is 0 Å². The van der Waals surface area contributed by atoms with E-state index in [1.165, 1.54) is 0 Å². The molecule has 0 radical (unpaired) electrons. The lowest BCUT2D eigenvalue weighted by atomic mass is 9.83. The van der Waals surface area contributed by atoms with E-state index in [2.05, 4.69) is 5.32 Å². The van der Waals surface area contributed by atoms with Crippen LogP contribution in [-0.4, -0.2) is 40.5 Å². The monoisotopic (exact) mass is 240 g/mol. The normalized spacial score (nSPS) is 23.6. The van der Waals surface area contributed by atoms with Crippen LogP contribution in [-0.2, 0) is 9.59 Å². The number of aliphatic carboxylic acids is 1. The molecule has 2 aliphatic rings. The Kier molecular flexibility index (Phi) is 3.31. The summed E-state index contributed by atoms with van der Waals surface area (Å²) in [7, 11) is 0. The first-order valence-electron chi connectivity index (χ1n) is 5.94. The lowest BCUT2D eigenvalue weighted by Crippen LogP contribution is -2.50. The Morgan fingerprint density at radius 1 is 1.29 bits per heavy atom. The van der Waals surface area contributed by atoms with Gasteiger partial charge in [-0.2, -0.15) is 0 Å². The standard InChI is InChI=1S/C11H16N2O4/c14-8-6-12-11(17)13(8)9(10(15)16)7-4-2-1-3-5-7/h7,9H,1-6H2,(H,12,17)(H,15,16). The highest BCUT2D eigenvalue weighted by Crippen LogP contribution is 2.30. The van der Waals surface area contributed by atoms with Gasteiger partial charge in [-0.05, 0) is 18.8 Å². The van der Waals surface area contributed by atoms with Crippen LogP contribution in [0.3, 0.4) is 0 Å². The van der Waals surface area contributed by atoms with E-state index in [9.17, 15) is 19.5 Å². The number of nitrogens with zero attached hydrogens (tertiary/aromatic N) is 1. The van der Waals surface area contributed by atoms with Gasteiger partial charge in [-0.1, -0.05) is 19.3 Å². The van der Waals surface area contributed by atoms with Crippen molar-refractivity contribution in [3.05, 3.63) is 0 Å². The molecule has 1 unspecified atom stereocenters. The Labute approximate surface area is 99.0 Å². The number of hydrogen-bond acceptors (Lipinski definition) is 3. The first kappa shape index (κ1) is 11.9. The molecule has 1 saturated heterocycles. The molecule has 3 amide bonds. The van der Waals surface area contributed by atoms with Crippen LogP contribution in [0, 0.1) is 5.92 Å². The second-order valence-electron chi connectivity index (χ2n) is 4.60. The molecule has 1 aliphatic heterocycles. The molecule has 6 heteroatoms. The number of amides is 3.